The van der Waals surface area contributed by atoms with Crippen molar-refractivity contribution < 1.29 is 33.3 Å². The number of nitrogens with one attached hydrogen (secondary N) is 4. The zero-order chi connectivity index (χ0) is 50.2. The third-order valence-corrected chi connectivity index (χ3v) is 12.7. The lowest BCUT2D eigenvalue weighted by Gasteiger charge is -2.22. The highest BCUT2D eigenvalue weighted by Gasteiger charge is 2.40. The summed E-state index contributed by atoms with van der Waals surface area (Å²) in [4.78, 5) is 81.9. The lowest BCUT2D eigenvalue weighted by molar-refractivity contribution is -0.130. The van der Waals surface area contributed by atoms with Crippen LogP contribution in [0.25, 0.3) is 0 Å². The van der Waals surface area contributed by atoms with Gasteiger partial charge in [-0.15, -0.1) is 0 Å². The van der Waals surface area contributed by atoms with E-state index < -0.39 is 47.2 Å². The normalized spacial score (nSPS) is 19.8. The molecule has 0 saturated carbocycles. The molecule has 6 atom stereocenters. The number of hydrogen-bond acceptors (Lipinski definition) is 11. The van der Waals surface area contributed by atoms with Crippen LogP contribution in [-0.2, 0) is 38.3 Å². The van der Waals surface area contributed by atoms with Gasteiger partial charge in [-0.2, -0.15) is 0 Å². The predicted molar refractivity (Wildman–Crippen MR) is 266 cm³/mol. The number of anilines is 2. The number of nitrogens with zero attached hydrogens (tertiary/aromatic N) is 2. The number of ether oxygens (including phenoxy) is 5. The Kier molecular flexibility index (Phi) is 16.7. The van der Waals surface area contributed by atoms with Gasteiger partial charge in [0.2, 0.25) is 0 Å². The first-order chi connectivity index (χ1) is 33.6. The summed E-state index contributed by atoms with van der Waals surface area (Å²) in [6.45, 7) is 16.7. The molecule has 0 spiro atoms. The molecule has 17 heteroatoms. The number of benzene rings is 3. The standard InChI is InChI=1S/C53H66N6O11/c1-9-18-66-41-17-16-39(54-50(62)44-30(5)21-42(69-44)58-28-32(7)48(60)56-52(58)64)26-37(41)23-35-14-13-15-36(47(35)68-20-11-3)24-38-27-40(25-34(12-4)46(38)67-19-10-2)55-51(63)45-31(6)22-43(70-45)59-29-33(8)49(61)57-53(59)65/h13-17,25-31,42-45H,9-12,18-24H2,1-8H3,(H,54,62)(H,55,63)(H,56,60,64)(H,57,61,65)/t30-,31-,42+,43+,44-,45-/m0/s1. The maximum Gasteiger partial charge on any atom is 0.330 e. The van der Waals surface area contributed by atoms with Gasteiger partial charge in [0, 0.05) is 58.9 Å². The fourth-order valence-corrected chi connectivity index (χ4v) is 9.10. The molecule has 17 nitrogen and oxygen atoms in total. The van der Waals surface area contributed by atoms with Gasteiger partial charge in [0.05, 0.1) is 19.8 Å². The van der Waals surface area contributed by atoms with Crippen molar-refractivity contribution in [1.29, 1.82) is 0 Å². The van der Waals surface area contributed by atoms with Crippen LogP contribution >= 0.6 is 0 Å². The Morgan fingerprint density at radius 1 is 0.614 bits per heavy atom. The number of aryl methyl sites for hydroxylation is 3. The third kappa shape index (κ3) is 11.6. The van der Waals surface area contributed by atoms with Gasteiger partial charge in [-0.25, -0.2) is 9.59 Å². The van der Waals surface area contributed by atoms with Gasteiger partial charge in [-0.1, -0.05) is 59.7 Å². The van der Waals surface area contributed by atoms with Crippen LogP contribution in [-0.4, -0.2) is 62.9 Å². The molecule has 2 aromatic heterocycles. The minimum Gasteiger partial charge on any atom is -0.493 e. The lowest BCUT2D eigenvalue weighted by atomic mass is 9.94. The van der Waals surface area contributed by atoms with Gasteiger partial charge in [-0.05, 0) is 111 Å². The van der Waals surface area contributed by atoms with Gasteiger partial charge in [0.15, 0.2) is 0 Å². The fourth-order valence-electron chi connectivity index (χ4n) is 9.10. The molecule has 2 aliphatic heterocycles. The van der Waals surface area contributed by atoms with E-state index >= 15 is 0 Å². The van der Waals surface area contributed by atoms with Crippen LogP contribution in [0.15, 0.2) is 80.1 Å². The second kappa shape index (κ2) is 22.8. The zero-order valence-electron chi connectivity index (χ0n) is 41.4. The molecule has 2 aliphatic rings. The van der Waals surface area contributed by atoms with Crippen molar-refractivity contribution in [2.75, 3.05) is 30.5 Å². The molecule has 4 heterocycles. The largest absolute Gasteiger partial charge is 0.493 e. The minimum atomic E-state index is -0.852. The SMILES string of the molecule is CCCOc1ccc(NC(=O)[C@H]2O[C@@H](n3cc(C)c(=O)[nH]c3=O)C[C@@H]2C)cc1Cc1cccc(Cc2cc(NC(=O)[C@H]3O[C@@H](n4cc(C)c(=O)[nH]c4=O)C[C@@H]3C)cc(CC)c2OCCC)c1OCCC. The number of rotatable bonds is 20. The van der Waals surface area contributed by atoms with Crippen LogP contribution < -0.4 is 47.3 Å². The topological polar surface area (TPSA) is 214 Å². The zero-order valence-corrected chi connectivity index (χ0v) is 41.4. The molecule has 7 rings (SSSR count). The predicted octanol–water partition coefficient (Wildman–Crippen LogP) is 7.24. The molecule has 2 saturated heterocycles. The van der Waals surface area contributed by atoms with E-state index in [0.29, 0.717) is 85.9 Å². The molecule has 374 valence electrons. The molecule has 0 radical (unpaired) electrons. The first kappa shape index (κ1) is 51.1. The van der Waals surface area contributed by atoms with E-state index in [1.54, 1.807) is 19.9 Å². The van der Waals surface area contributed by atoms with Gasteiger partial charge in [0.25, 0.3) is 22.9 Å². The van der Waals surface area contributed by atoms with Crippen molar-refractivity contribution in [2.24, 2.45) is 11.8 Å². The Morgan fingerprint density at radius 2 is 1.07 bits per heavy atom. The molecule has 0 unspecified atom stereocenters. The number of carbonyl (C=O) groups excluding carboxylic acids is 2. The maximum absolute atomic E-state index is 14.0. The summed E-state index contributed by atoms with van der Waals surface area (Å²) in [5.41, 5.74) is 4.16. The second-order valence-corrected chi connectivity index (χ2v) is 18.5. The summed E-state index contributed by atoms with van der Waals surface area (Å²) in [6, 6.07) is 15.5. The Balaban J connectivity index is 1.16. The van der Waals surface area contributed by atoms with E-state index in [1.165, 1.54) is 21.5 Å². The number of H-pyrrole nitrogens is 2. The number of carbonyl (C=O) groups is 2. The van der Waals surface area contributed by atoms with Gasteiger partial charge >= 0.3 is 11.4 Å². The molecule has 4 N–H and O–H groups in total. The highest BCUT2D eigenvalue weighted by molar-refractivity contribution is 5.95. The number of aromatic nitrogens is 4. The van der Waals surface area contributed by atoms with E-state index in [1.807, 2.05) is 70.2 Å². The highest BCUT2D eigenvalue weighted by Crippen LogP contribution is 2.39. The Bertz CT molecular complexity index is 2940. The number of para-hydroxylation sites is 1. The Morgan fingerprint density at radius 3 is 1.59 bits per heavy atom. The van der Waals surface area contributed by atoms with Crippen molar-refractivity contribution in [3.63, 3.8) is 0 Å². The summed E-state index contributed by atoms with van der Waals surface area (Å²) in [5, 5.41) is 6.14. The third-order valence-electron chi connectivity index (χ3n) is 12.7. The molecule has 2 fully saturated rings. The molecule has 0 aliphatic carbocycles. The monoisotopic (exact) mass is 962 g/mol. The average Bonchev–Trinajstić information content (AvgIpc) is 3.92. The van der Waals surface area contributed by atoms with Crippen LogP contribution in [0, 0.1) is 25.7 Å². The van der Waals surface area contributed by atoms with Crippen LogP contribution in [0.1, 0.15) is 125 Å². The molecule has 70 heavy (non-hydrogen) atoms. The van der Waals surface area contributed by atoms with Crippen LogP contribution in [0.3, 0.4) is 0 Å². The van der Waals surface area contributed by atoms with E-state index in [0.717, 1.165) is 52.8 Å². The second-order valence-electron chi connectivity index (χ2n) is 18.5. The molecule has 3 aromatic carbocycles. The quantitative estimate of drug-likeness (QED) is 0.0610. The molecular formula is C53H66N6O11. The van der Waals surface area contributed by atoms with Crippen molar-refractivity contribution in [1.82, 2.24) is 19.1 Å². The lowest BCUT2D eigenvalue weighted by Crippen LogP contribution is -2.35. The molecule has 0 bridgehead atoms. The Hall–Kier alpha value is -6.72. The summed E-state index contributed by atoms with van der Waals surface area (Å²) in [7, 11) is 0. The maximum atomic E-state index is 14.0. The summed E-state index contributed by atoms with van der Waals surface area (Å²) in [5.74, 6) is 0.985. The van der Waals surface area contributed by atoms with E-state index in [9.17, 15) is 28.8 Å². The van der Waals surface area contributed by atoms with Crippen molar-refractivity contribution in [2.45, 2.75) is 131 Å². The summed E-state index contributed by atoms with van der Waals surface area (Å²) in [6.07, 6.45) is 4.40. The highest BCUT2D eigenvalue weighted by atomic mass is 16.5. The van der Waals surface area contributed by atoms with E-state index in [-0.39, 0.29) is 23.7 Å². The smallest absolute Gasteiger partial charge is 0.330 e. The Labute approximate surface area is 406 Å². The van der Waals surface area contributed by atoms with Crippen molar-refractivity contribution >= 4 is 23.2 Å². The van der Waals surface area contributed by atoms with E-state index in [4.69, 9.17) is 23.7 Å². The fraction of sp³-hybridized carbons (Fsp3) is 0.472. The number of hydrogen-bond donors (Lipinski definition) is 4. The van der Waals surface area contributed by atoms with Crippen LogP contribution in [0.4, 0.5) is 11.4 Å². The first-order valence-corrected chi connectivity index (χ1v) is 24.5. The van der Waals surface area contributed by atoms with Crippen molar-refractivity contribution in [3.05, 3.63) is 142 Å². The van der Waals surface area contributed by atoms with Gasteiger partial charge in [-0.3, -0.25) is 38.3 Å². The van der Waals surface area contributed by atoms with Crippen molar-refractivity contribution in [3.8, 4) is 17.2 Å². The van der Waals surface area contributed by atoms with Gasteiger partial charge < -0.3 is 34.3 Å². The molecule has 2 amide bonds. The molecular weight excluding hydrogens is 897 g/mol. The summed E-state index contributed by atoms with van der Waals surface area (Å²) < 4.78 is 34.3. The minimum absolute atomic E-state index is 0.222. The number of aromatic amines is 2. The van der Waals surface area contributed by atoms with Crippen LogP contribution in [0.2, 0.25) is 0 Å². The summed E-state index contributed by atoms with van der Waals surface area (Å²) >= 11 is 0. The average molecular weight is 963 g/mol. The molecule has 5 aromatic rings. The first-order valence-electron chi connectivity index (χ1n) is 24.5. The van der Waals surface area contributed by atoms with Crippen LogP contribution in [0.5, 0.6) is 17.2 Å². The van der Waals surface area contributed by atoms with Gasteiger partial charge in [0.1, 0.15) is 41.9 Å². The van der Waals surface area contributed by atoms with E-state index in [2.05, 4.69) is 34.4 Å². The number of amides is 2.